The molecule has 1 saturated carbocycles. The Morgan fingerprint density at radius 3 is 3.18 bits per heavy atom. The van der Waals surface area contributed by atoms with E-state index in [1.165, 1.54) is 0 Å². The first-order valence-electron chi connectivity index (χ1n) is 6.44. The Labute approximate surface area is 101 Å². The van der Waals surface area contributed by atoms with Crippen LogP contribution >= 0.6 is 0 Å². The van der Waals surface area contributed by atoms with Crippen LogP contribution in [0.15, 0.2) is 6.33 Å². The Balaban J connectivity index is 1.52. The van der Waals surface area contributed by atoms with E-state index < -0.39 is 0 Å². The van der Waals surface area contributed by atoms with Crippen LogP contribution in [0.1, 0.15) is 31.5 Å². The van der Waals surface area contributed by atoms with Gasteiger partial charge in [-0.2, -0.15) is 0 Å². The fraction of sp³-hybridized carbons (Fsp3) is 0.750. The lowest BCUT2D eigenvalue weighted by molar-refractivity contribution is -0.120. The minimum Gasteiger partial charge on any atom is -0.315 e. The van der Waals surface area contributed by atoms with E-state index in [4.69, 9.17) is 0 Å². The Morgan fingerprint density at radius 1 is 1.41 bits per heavy atom. The van der Waals surface area contributed by atoms with Gasteiger partial charge in [0.2, 0.25) is 0 Å². The largest absolute Gasteiger partial charge is 0.315 e. The molecule has 1 aliphatic carbocycles. The molecule has 0 aromatic carbocycles. The van der Waals surface area contributed by atoms with Gasteiger partial charge in [-0.3, -0.25) is 9.69 Å². The van der Waals surface area contributed by atoms with Crippen molar-refractivity contribution in [1.29, 1.82) is 0 Å². The van der Waals surface area contributed by atoms with Gasteiger partial charge in [0.1, 0.15) is 17.9 Å². The van der Waals surface area contributed by atoms with Crippen LogP contribution in [0.3, 0.4) is 0 Å². The van der Waals surface area contributed by atoms with E-state index in [1.54, 1.807) is 6.33 Å². The van der Waals surface area contributed by atoms with Gasteiger partial charge in [-0.05, 0) is 25.8 Å². The summed E-state index contributed by atoms with van der Waals surface area (Å²) >= 11 is 0. The molecule has 0 saturated heterocycles. The van der Waals surface area contributed by atoms with Crippen LogP contribution in [0, 0.1) is 5.92 Å². The molecule has 0 amide bonds. The molecule has 0 spiro atoms. The summed E-state index contributed by atoms with van der Waals surface area (Å²) in [7, 11) is 0. The van der Waals surface area contributed by atoms with Crippen molar-refractivity contribution in [2.24, 2.45) is 5.92 Å². The van der Waals surface area contributed by atoms with Crippen molar-refractivity contribution in [3.05, 3.63) is 12.2 Å². The van der Waals surface area contributed by atoms with Gasteiger partial charge >= 0.3 is 0 Å². The topological polar surface area (TPSA) is 51.0 Å². The molecule has 0 radical (unpaired) electrons. The summed E-state index contributed by atoms with van der Waals surface area (Å²) in [4.78, 5) is 13.9. The molecule has 2 heterocycles. The molecule has 0 N–H and O–H groups in total. The highest BCUT2D eigenvalue weighted by Crippen LogP contribution is 2.24. The molecule has 92 valence electrons. The van der Waals surface area contributed by atoms with Gasteiger partial charge in [0, 0.05) is 25.4 Å². The van der Waals surface area contributed by atoms with Crippen molar-refractivity contribution in [3.63, 3.8) is 0 Å². The first-order valence-corrected chi connectivity index (χ1v) is 6.44. The first-order chi connectivity index (χ1) is 8.33. The monoisotopic (exact) mass is 234 g/mol. The highest BCUT2D eigenvalue weighted by Gasteiger charge is 2.25. The van der Waals surface area contributed by atoms with Gasteiger partial charge in [-0.1, -0.05) is 0 Å². The Bertz CT molecular complexity index is 414. The van der Waals surface area contributed by atoms with Gasteiger partial charge < -0.3 is 4.57 Å². The van der Waals surface area contributed by atoms with Gasteiger partial charge in [0.15, 0.2) is 0 Å². The number of carbonyl (C=O) groups excluding carboxylic acids is 1. The predicted molar refractivity (Wildman–Crippen MR) is 62.3 cm³/mol. The van der Waals surface area contributed by atoms with E-state index >= 15 is 0 Å². The summed E-state index contributed by atoms with van der Waals surface area (Å²) in [6.45, 7) is 3.91. The number of hydrogen-bond donors (Lipinski definition) is 0. The van der Waals surface area contributed by atoms with Crippen LogP contribution in [0.5, 0.6) is 0 Å². The molecule has 5 heteroatoms. The lowest BCUT2D eigenvalue weighted by Gasteiger charge is -2.27. The quantitative estimate of drug-likeness (QED) is 0.778. The van der Waals surface area contributed by atoms with Crippen molar-refractivity contribution in [2.75, 3.05) is 13.1 Å². The maximum atomic E-state index is 11.6. The smallest absolute Gasteiger partial charge is 0.147 e. The van der Waals surface area contributed by atoms with Crippen molar-refractivity contribution in [1.82, 2.24) is 19.7 Å². The summed E-state index contributed by atoms with van der Waals surface area (Å²) in [6.07, 6.45) is 5.82. The number of rotatable bonds is 3. The fourth-order valence-electron chi connectivity index (χ4n) is 2.84. The number of aromatic nitrogens is 3. The van der Waals surface area contributed by atoms with E-state index in [0.29, 0.717) is 11.7 Å². The second-order valence-electron chi connectivity index (χ2n) is 5.06. The van der Waals surface area contributed by atoms with Crippen molar-refractivity contribution < 1.29 is 4.79 Å². The summed E-state index contributed by atoms with van der Waals surface area (Å²) < 4.78 is 2.11. The summed E-state index contributed by atoms with van der Waals surface area (Å²) in [5.41, 5.74) is 0. The third-order valence-corrected chi connectivity index (χ3v) is 3.94. The number of ketones is 1. The molecule has 5 nitrogen and oxygen atoms in total. The van der Waals surface area contributed by atoms with E-state index in [-0.39, 0.29) is 0 Å². The predicted octanol–water partition coefficient (Wildman–Crippen LogP) is 0.853. The molecule has 2 aliphatic rings. The summed E-state index contributed by atoms with van der Waals surface area (Å²) in [5, 5.41) is 8.03. The molecule has 1 aliphatic heterocycles. The molecule has 3 rings (SSSR count). The average molecular weight is 234 g/mol. The van der Waals surface area contributed by atoms with Crippen molar-refractivity contribution >= 4 is 5.78 Å². The standard InChI is InChI=1S/C12H18N4O/c17-11-3-1-2-10(11)4-5-15-6-7-16-9-13-14-12(16)8-15/h9-10H,1-8H2. The van der Waals surface area contributed by atoms with Gasteiger partial charge in [-0.15, -0.1) is 10.2 Å². The van der Waals surface area contributed by atoms with E-state index in [0.717, 1.165) is 57.7 Å². The SMILES string of the molecule is O=C1CCCC1CCN1CCn2cnnc2C1. The first kappa shape index (κ1) is 10.9. The summed E-state index contributed by atoms with van der Waals surface area (Å²) in [5.74, 6) is 1.86. The van der Waals surface area contributed by atoms with E-state index in [9.17, 15) is 4.79 Å². The van der Waals surface area contributed by atoms with Crippen LogP contribution < -0.4 is 0 Å². The number of hydrogen-bond acceptors (Lipinski definition) is 4. The van der Waals surface area contributed by atoms with Crippen LogP contribution in [-0.4, -0.2) is 38.5 Å². The maximum Gasteiger partial charge on any atom is 0.147 e. The maximum absolute atomic E-state index is 11.6. The summed E-state index contributed by atoms with van der Waals surface area (Å²) in [6, 6.07) is 0. The Kier molecular flexibility index (Phi) is 2.93. The molecular formula is C12H18N4O. The molecule has 1 fully saturated rings. The third kappa shape index (κ3) is 2.24. The van der Waals surface area contributed by atoms with E-state index in [1.807, 2.05) is 0 Å². The minimum absolute atomic E-state index is 0.329. The number of fused-ring (bicyclic) bond motifs is 1. The molecule has 1 unspecified atom stereocenters. The highest BCUT2D eigenvalue weighted by atomic mass is 16.1. The van der Waals surface area contributed by atoms with Gasteiger partial charge in [0.25, 0.3) is 0 Å². The van der Waals surface area contributed by atoms with Crippen molar-refractivity contribution in [3.8, 4) is 0 Å². The normalized spacial score (nSPS) is 25.2. The lowest BCUT2D eigenvalue weighted by atomic mass is 10.0. The zero-order valence-electron chi connectivity index (χ0n) is 10.0. The minimum atomic E-state index is 0.329. The Hall–Kier alpha value is -1.23. The zero-order valence-corrected chi connectivity index (χ0v) is 10.0. The second kappa shape index (κ2) is 4.56. The van der Waals surface area contributed by atoms with Crippen LogP contribution in [-0.2, 0) is 17.9 Å². The van der Waals surface area contributed by atoms with Crippen LogP contribution in [0.25, 0.3) is 0 Å². The highest BCUT2D eigenvalue weighted by molar-refractivity contribution is 5.82. The van der Waals surface area contributed by atoms with E-state index in [2.05, 4.69) is 19.7 Å². The average Bonchev–Trinajstić information content (AvgIpc) is 2.94. The number of nitrogens with zero attached hydrogens (tertiary/aromatic N) is 4. The van der Waals surface area contributed by atoms with Crippen LogP contribution in [0.2, 0.25) is 0 Å². The molecule has 1 aromatic heterocycles. The van der Waals surface area contributed by atoms with Gasteiger partial charge in [-0.25, -0.2) is 0 Å². The molecule has 1 atom stereocenters. The van der Waals surface area contributed by atoms with Gasteiger partial charge in [0.05, 0.1) is 6.54 Å². The number of Topliss-reactive ketones (excluding diaryl/α,β-unsaturated/α-hetero) is 1. The fourth-order valence-corrected chi connectivity index (χ4v) is 2.84. The number of carbonyl (C=O) groups is 1. The molecule has 17 heavy (non-hydrogen) atoms. The molecule has 0 bridgehead atoms. The van der Waals surface area contributed by atoms with Crippen LogP contribution in [0.4, 0.5) is 0 Å². The molecular weight excluding hydrogens is 216 g/mol. The zero-order chi connectivity index (χ0) is 11.7. The second-order valence-corrected chi connectivity index (χ2v) is 5.06. The Morgan fingerprint density at radius 2 is 2.35 bits per heavy atom. The third-order valence-electron chi connectivity index (χ3n) is 3.94. The van der Waals surface area contributed by atoms with Crippen molar-refractivity contribution in [2.45, 2.75) is 38.8 Å². The lowest BCUT2D eigenvalue weighted by Crippen LogP contribution is -2.35. The molecule has 1 aromatic rings.